The molecule has 4 rings (SSSR count). The molecule has 2 aromatic carbocycles. The van der Waals surface area contributed by atoms with Crippen LogP contribution in [0.5, 0.6) is 11.5 Å². The van der Waals surface area contributed by atoms with Gasteiger partial charge in [0.15, 0.2) is 0 Å². The lowest BCUT2D eigenvalue weighted by atomic mass is 9.93. The first-order valence-corrected chi connectivity index (χ1v) is 9.57. The molecular formula is C22H22N4O3. The van der Waals surface area contributed by atoms with E-state index < -0.39 is 5.91 Å². The molecule has 0 aliphatic carbocycles. The Hall–Kier alpha value is -3.61. The monoisotopic (exact) mass is 390 g/mol. The zero-order valence-electron chi connectivity index (χ0n) is 15.9. The van der Waals surface area contributed by atoms with Crippen molar-refractivity contribution in [1.82, 2.24) is 15.1 Å². The summed E-state index contributed by atoms with van der Waals surface area (Å²) >= 11 is 0. The van der Waals surface area contributed by atoms with Gasteiger partial charge in [-0.2, -0.15) is 5.10 Å². The molecule has 0 bridgehead atoms. The SMILES string of the molecule is NC(=O)c1cc(C2CCN(C(=O)c3ccc(Oc4ccccc4)cc3)CC2)[nH]n1. The van der Waals surface area contributed by atoms with Crippen molar-refractivity contribution in [2.24, 2.45) is 5.73 Å². The average Bonchev–Trinajstić information content (AvgIpc) is 3.25. The number of aromatic nitrogens is 2. The number of hydrogen-bond donors (Lipinski definition) is 2. The predicted molar refractivity (Wildman–Crippen MR) is 108 cm³/mol. The van der Waals surface area contributed by atoms with Crippen LogP contribution in [-0.2, 0) is 0 Å². The van der Waals surface area contributed by atoms with E-state index in [2.05, 4.69) is 10.2 Å². The minimum atomic E-state index is -0.542. The highest BCUT2D eigenvalue weighted by molar-refractivity contribution is 5.94. The largest absolute Gasteiger partial charge is 0.457 e. The summed E-state index contributed by atoms with van der Waals surface area (Å²) in [6.45, 7) is 1.30. The van der Waals surface area contributed by atoms with Gasteiger partial charge < -0.3 is 15.4 Å². The van der Waals surface area contributed by atoms with Crippen molar-refractivity contribution in [3.05, 3.63) is 77.6 Å². The van der Waals surface area contributed by atoms with Crippen molar-refractivity contribution in [2.45, 2.75) is 18.8 Å². The van der Waals surface area contributed by atoms with Crippen LogP contribution in [0.3, 0.4) is 0 Å². The molecule has 1 aliphatic heterocycles. The van der Waals surface area contributed by atoms with Crippen LogP contribution in [0.15, 0.2) is 60.7 Å². The van der Waals surface area contributed by atoms with Crippen LogP contribution in [0, 0.1) is 0 Å². The topological polar surface area (TPSA) is 101 Å². The van der Waals surface area contributed by atoms with E-state index >= 15 is 0 Å². The summed E-state index contributed by atoms with van der Waals surface area (Å²) in [7, 11) is 0. The highest BCUT2D eigenvalue weighted by Crippen LogP contribution is 2.28. The second-order valence-electron chi connectivity index (χ2n) is 7.08. The van der Waals surface area contributed by atoms with E-state index in [1.165, 1.54) is 0 Å². The molecule has 1 aromatic heterocycles. The fourth-order valence-electron chi connectivity index (χ4n) is 3.54. The molecule has 0 saturated carbocycles. The van der Waals surface area contributed by atoms with Crippen LogP contribution in [0.2, 0.25) is 0 Å². The van der Waals surface area contributed by atoms with E-state index in [-0.39, 0.29) is 17.5 Å². The third kappa shape index (κ3) is 4.29. The molecule has 2 heterocycles. The van der Waals surface area contributed by atoms with Gasteiger partial charge in [-0.15, -0.1) is 0 Å². The minimum absolute atomic E-state index is 0.0112. The molecule has 0 spiro atoms. The molecule has 1 aliphatic rings. The Labute approximate surface area is 168 Å². The molecule has 7 nitrogen and oxygen atoms in total. The van der Waals surface area contributed by atoms with Crippen LogP contribution < -0.4 is 10.5 Å². The number of nitrogens with zero attached hydrogens (tertiary/aromatic N) is 2. The number of nitrogens with one attached hydrogen (secondary N) is 1. The number of ether oxygens (including phenoxy) is 1. The van der Waals surface area contributed by atoms with Gasteiger partial charge in [0.1, 0.15) is 17.2 Å². The van der Waals surface area contributed by atoms with Crippen LogP contribution in [-0.4, -0.2) is 40.0 Å². The van der Waals surface area contributed by atoms with Crippen molar-refractivity contribution in [1.29, 1.82) is 0 Å². The second kappa shape index (κ2) is 8.18. The standard InChI is InChI=1S/C22H22N4O3/c23-21(27)20-14-19(24-25-20)15-10-12-26(13-11-15)22(28)16-6-8-18(9-7-16)29-17-4-2-1-3-5-17/h1-9,14-15H,10-13H2,(H2,23,27)(H,24,25). The quantitative estimate of drug-likeness (QED) is 0.698. The van der Waals surface area contributed by atoms with Gasteiger partial charge in [-0.05, 0) is 55.3 Å². The number of nitrogens with two attached hydrogens (primary N) is 1. The second-order valence-corrected chi connectivity index (χ2v) is 7.08. The summed E-state index contributed by atoms with van der Waals surface area (Å²) in [5, 5.41) is 6.83. The van der Waals surface area contributed by atoms with Crippen LogP contribution in [0.25, 0.3) is 0 Å². The molecule has 0 radical (unpaired) electrons. The first kappa shape index (κ1) is 18.7. The lowest BCUT2D eigenvalue weighted by molar-refractivity contribution is 0.0712. The number of para-hydroxylation sites is 1. The van der Waals surface area contributed by atoms with Crippen LogP contribution in [0.4, 0.5) is 0 Å². The van der Waals surface area contributed by atoms with Crippen molar-refractivity contribution in [3.63, 3.8) is 0 Å². The predicted octanol–water partition coefficient (Wildman–Crippen LogP) is 3.32. The maximum absolute atomic E-state index is 12.8. The maximum Gasteiger partial charge on any atom is 0.269 e. The number of primary amides is 1. The summed E-state index contributed by atoms with van der Waals surface area (Å²) in [6.07, 6.45) is 1.61. The Kier molecular flexibility index (Phi) is 5.29. The first-order chi connectivity index (χ1) is 14.1. The summed E-state index contributed by atoms with van der Waals surface area (Å²) in [4.78, 5) is 25.9. The molecule has 1 fully saturated rings. The number of amides is 2. The maximum atomic E-state index is 12.8. The van der Waals surface area contributed by atoms with Crippen molar-refractivity contribution in [2.75, 3.05) is 13.1 Å². The molecule has 3 aromatic rings. The zero-order chi connectivity index (χ0) is 20.2. The fraction of sp³-hybridized carbons (Fsp3) is 0.227. The Balaban J connectivity index is 1.35. The molecule has 2 amide bonds. The van der Waals surface area contributed by atoms with E-state index in [1.807, 2.05) is 47.4 Å². The number of aromatic amines is 1. The first-order valence-electron chi connectivity index (χ1n) is 9.57. The third-order valence-electron chi connectivity index (χ3n) is 5.15. The van der Waals surface area contributed by atoms with Crippen LogP contribution in [0.1, 0.15) is 45.3 Å². The molecule has 3 N–H and O–H groups in total. The smallest absolute Gasteiger partial charge is 0.269 e. The Morgan fingerprint density at radius 1 is 1.00 bits per heavy atom. The van der Waals surface area contributed by atoms with Gasteiger partial charge in [-0.3, -0.25) is 14.7 Å². The van der Waals surface area contributed by atoms with Crippen molar-refractivity contribution >= 4 is 11.8 Å². The van der Waals surface area contributed by atoms with Gasteiger partial charge in [-0.1, -0.05) is 18.2 Å². The van der Waals surface area contributed by atoms with Crippen molar-refractivity contribution in [3.8, 4) is 11.5 Å². The number of benzene rings is 2. The fourth-order valence-corrected chi connectivity index (χ4v) is 3.54. The summed E-state index contributed by atoms with van der Waals surface area (Å²) in [5.74, 6) is 1.15. The minimum Gasteiger partial charge on any atom is -0.457 e. The number of H-pyrrole nitrogens is 1. The lowest BCUT2D eigenvalue weighted by Gasteiger charge is -2.31. The van der Waals surface area contributed by atoms with E-state index in [4.69, 9.17) is 10.5 Å². The molecule has 148 valence electrons. The summed E-state index contributed by atoms with van der Waals surface area (Å²) in [6, 6.07) is 18.4. The highest BCUT2D eigenvalue weighted by Gasteiger charge is 2.26. The van der Waals surface area contributed by atoms with Gasteiger partial charge in [-0.25, -0.2) is 0 Å². The van der Waals surface area contributed by atoms with Gasteiger partial charge in [0, 0.05) is 30.3 Å². The number of likely N-dealkylation sites (tertiary alicyclic amines) is 1. The van der Waals surface area contributed by atoms with Gasteiger partial charge >= 0.3 is 0 Å². The van der Waals surface area contributed by atoms with Gasteiger partial charge in [0.25, 0.3) is 11.8 Å². The van der Waals surface area contributed by atoms with E-state index in [0.717, 1.165) is 24.3 Å². The Bertz CT molecular complexity index is 990. The molecular weight excluding hydrogens is 368 g/mol. The highest BCUT2D eigenvalue weighted by atomic mass is 16.5. The van der Waals surface area contributed by atoms with Crippen molar-refractivity contribution < 1.29 is 14.3 Å². The number of hydrogen-bond acceptors (Lipinski definition) is 4. The average molecular weight is 390 g/mol. The summed E-state index contributed by atoms with van der Waals surface area (Å²) < 4.78 is 5.77. The Morgan fingerprint density at radius 2 is 1.66 bits per heavy atom. The molecule has 0 atom stereocenters. The van der Waals surface area contributed by atoms with E-state index in [9.17, 15) is 9.59 Å². The number of carbonyl (C=O) groups is 2. The Morgan fingerprint density at radius 3 is 2.28 bits per heavy atom. The van der Waals surface area contributed by atoms with Gasteiger partial charge in [0.2, 0.25) is 0 Å². The number of rotatable bonds is 5. The lowest BCUT2D eigenvalue weighted by Crippen LogP contribution is -2.38. The zero-order valence-corrected chi connectivity index (χ0v) is 15.9. The van der Waals surface area contributed by atoms with Gasteiger partial charge in [0.05, 0.1) is 0 Å². The summed E-state index contributed by atoms with van der Waals surface area (Å²) in [5.41, 5.74) is 7.04. The molecule has 0 unspecified atom stereocenters. The van der Waals surface area contributed by atoms with Crippen LogP contribution >= 0.6 is 0 Å². The molecule has 29 heavy (non-hydrogen) atoms. The number of carbonyl (C=O) groups excluding carboxylic acids is 2. The number of piperidine rings is 1. The normalized spacial score (nSPS) is 14.6. The van der Waals surface area contributed by atoms with E-state index in [0.29, 0.717) is 24.4 Å². The molecule has 7 heteroatoms. The molecule has 1 saturated heterocycles. The third-order valence-corrected chi connectivity index (χ3v) is 5.15. The van der Waals surface area contributed by atoms with E-state index in [1.54, 1.807) is 18.2 Å².